The monoisotopic (exact) mass is 362 g/mol. The van der Waals surface area contributed by atoms with E-state index < -0.39 is 42.0 Å². The summed E-state index contributed by atoms with van der Waals surface area (Å²) in [7, 11) is 3.81. The number of aliphatic hydroxyl groups excluding tert-OH is 4. The fourth-order valence-corrected chi connectivity index (χ4v) is 3.53. The van der Waals surface area contributed by atoms with Crippen LogP contribution in [0, 0.1) is 0 Å². The molecular formula is C14H26N4O5S. The van der Waals surface area contributed by atoms with Crippen LogP contribution in [0.2, 0.25) is 0 Å². The summed E-state index contributed by atoms with van der Waals surface area (Å²) in [4.78, 5) is 1.93. The summed E-state index contributed by atoms with van der Waals surface area (Å²) in [6, 6.07) is -0.750. The van der Waals surface area contributed by atoms with Gasteiger partial charge in [-0.25, -0.2) is 4.68 Å². The standard InChI is InChI=1S/C14H26N4O5S/c1-7(19)9(18-6-8(15-16-18)5-17(2)3)13-11(21)10(20)12(22)14(23-13)24-4/h6-7,9-14,19-22H,5H2,1-4H3/t7-,9-,10+,11-,12-,13-,14-/m1/s1. The molecule has 1 saturated heterocycles. The highest BCUT2D eigenvalue weighted by Crippen LogP contribution is 2.33. The minimum Gasteiger partial charge on any atom is -0.391 e. The van der Waals surface area contributed by atoms with Crippen molar-refractivity contribution in [2.45, 2.75) is 55.5 Å². The maximum atomic E-state index is 10.3. The van der Waals surface area contributed by atoms with Crippen LogP contribution in [0.15, 0.2) is 6.20 Å². The first kappa shape index (κ1) is 19.6. The second kappa shape index (κ2) is 8.09. The van der Waals surface area contributed by atoms with Crippen molar-refractivity contribution in [2.24, 2.45) is 0 Å². The summed E-state index contributed by atoms with van der Waals surface area (Å²) < 4.78 is 7.19. The van der Waals surface area contributed by atoms with Crippen molar-refractivity contribution in [1.82, 2.24) is 19.9 Å². The van der Waals surface area contributed by atoms with E-state index in [0.29, 0.717) is 12.2 Å². The van der Waals surface area contributed by atoms with Crippen molar-refractivity contribution in [1.29, 1.82) is 0 Å². The Morgan fingerprint density at radius 1 is 1.29 bits per heavy atom. The van der Waals surface area contributed by atoms with E-state index in [4.69, 9.17) is 4.74 Å². The molecule has 0 aromatic carbocycles. The van der Waals surface area contributed by atoms with Crippen LogP contribution in [-0.4, -0.2) is 96.6 Å². The molecule has 1 aliphatic heterocycles. The van der Waals surface area contributed by atoms with E-state index in [0.717, 1.165) is 0 Å². The Bertz CT molecular complexity index is 527. The number of ether oxygens (including phenoxy) is 1. The largest absolute Gasteiger partial charge is 0.391 e. The fourth-order valence-electron chi connectivity index (χ4n) is 2.85. The first-order chi connectivity index (χ1) is 11.3. The third kappa shape index (κ3) is 4.07. The van der Waals surface area contributed by atoms with E-state index in [9.17, 15) is 20.4 Å². The van der Waals surface area contributed by atoms with Crippen molar-refractivity contribution in [2.75, 3.05) is 20.4 Å². The Morgan fingerprint density at radius 2 is 1.96 bits per heavy atom. The smallest absolute Gasteiger partial charge is 0.132 e. The molecule has 1 fully saturated rings. The van der Waals surface area contributed by atoms with Crippen LogP contribution in [-0.2, 0) is 11.3 Å². The molecule has 0 saturated carbocycles. The Morgan fingerprint density at radius 3 is 2.50 bits per heavy atom. The third-order valence-corrected chi connectivity index (χ3v) is 4.87. The van der Waals surface area contributed by atoms with Crippen molar-refractivity contribution in [3.8, 4) is 0 Å². The molecule has 138 valence electrons. The van der Waals surface area contributed by atoms with Crippen LogP contribution < -0.4 is 0 Å². The Balaban J connectivity index is 2.27. The van der Waals surface area contributed by atoms with Gasteiger partial charge in [-0.1, -0.05) is 5.21 Å². The van der Waals surface area contributed by atoms with E-state index in [1.165, 1.54) is 16.4 Å². The molecule has 1 aromatic rings. The van der Waals surface area contributed by atoms with Gasteiger partial charge in [-0.15, -0.1) is 16.9 Å². The molecule has 7 atom stereocenters. The molecule has 2 heterocycles. The molecule has 0 radical (unpaired) electrons. The lowest BCUT2D eigenvalue weighted by Crippen LogP contribution is -2.59. The van der Waals surface area contributed by atoms with Gasteiger partial charge in [-0.3, -0.25) is 0 Å². The van der Waals surface area contributed by atoms with Gasteiger partial charge >= 0.3 is 0 Å². The molecule has 1 aliphatic rings. The predicted molar refractivity (Wildman–Crippen MR) is 88.3 cm³/mol. The van der Waals surface area contributed by atoms with Crippen LogP contribution in [0.25, 0.3) is 0 Å². The second-order valence-electron chi connectivity index (χ2n) is 6.34. The highest BCUT2D eigenvalue weighted by Gasteiger charge is 2.48. The summed E-state index contributed by atoms with van der Waals surface area (Å²) in [6.07, 6.45) is -2.37. The average molecular weight is 362 g/mol. The van der Waals surface area contributed by atoms with Gasteiger partial charge in [0.2, 0.25) is 0 Å². The minimum atomic E-state index is -1.37. The normalized spacial score (nSPS) is 33.6. The van der Waals surface area contributed by atoms with Crippen molar-refractivity contribution < 1.29 is 25.2 Å². The van der Waals surface area contributed by atoms with E-state index in [1.54, 1.807) is 19.4 Å². The zero-order valence-electron chi connectivity index (χ0n) is 14.2. The molecule has 0 bridgehead atoms. The summed E-state index contributed by atoms with van der Waals surface area (Å²) >= 11 is 1.22. The average Bonchev–Trinajstić information content (AvgIpc) is 2.94. The molecule has 0 aliphatic carbocycles. The number of thioether (sulfide) groups is 1. The van der Waals surface area contributed by atoms with Gasteiger partial charge in [0.1, 0.15) is 35.9 Å². The van der Waals surface area contributed by atoms with E-state index in [1.807, 2.05) is 19.0 Å². The van der Waals surface area contributed by atoms with Gasteiger partial charge in [-0.2, -0.15) is 0 Å². The van der Waals surface area contributed by atoms with Gasteiger partial charge in [0.05, 0.1) is 18.0 Å². The molecule has 0 unspecified atom stereocenters. The summed E-state index contributed by atoms with van der Waals surface area (Å²) in [5.74, 6) is 0. The Hall–Kier alpha value is -0.750. The molecular weight excluding hydrogens is 336 g/mol. The van der Waals surface area contributed by atoms with Gasteiger partial charge in [0, 0.05) is 6.54 Å². The molecule has 4 N–H and O–H groups in total. The first-order valence-corrected chi connectivity index (χ1v) is 9.01. The van der Waals surface area contributed by atoms with E-state index >= 15 is 0 Å². The van der Waals surface area contributed by atoms with Crippen molar-refractivity contribution in [3.63, 3.8) is 0 Å². The quantitative estimate of drug-likeness (QED) is 0.475. The van der Waals surface area contributed by atoms with Gasteiger partial charge in [-0.05, 0) is 27.3 Å². The van der Waals surface area contributed by atoms with Crippen molar-refractivity contribution >= 4 is 11.8 Å². The molecule has 24 heavy (non-hydrogen) atoms. The van der Waals surface area contributed by atoms with Gasteiger partial charge in [0.25, 0.3) is 0 Å². The van der Waals surface area contributed by atoms with E-state index in [-0.39, 0.29) is 0 Å². The lowest BCUT2D eigenvalue weighted by Gasteiger charge is -2.43. The highest BCUT2D eigenvalue weighted by molar-refractivity contribution is 7.99. The summed E-state index contributed by atoms with van der Waals surface area (Å²) in [5, 5.41) is 48.7. The Labute approximate surface area is 145 Å². The van der Waals surface area contributed by atoms with E-state index in [2.05, 4.69) is 10.3 Å². The molecule has 10 heteroatoms. The molecule has 2 rings (SSSR count). The van der Waals surface area contributed by atoms with Crippen LogP contribution in [0.1, 0.15) is 18.7 Å². The zero-order valence-corrected chi connectivity index (χ0v) is 15.0. The molecule has 0 amide bonds. The SMILES string of the molecule is CS[C@H]1O[C@H]([C@@H]([C@@H](C)O)n2cc(CN(C)C)nn2)[C@H](O)[C@H](O)[C@H]1O. The van der Waals surface area contributed by atoms with Crippen molar-refractivity contribution in [3.05, 3.63) is 11.9 Å². The number of rotatable bonds is 6. The summed E-state index contributed by atoms with van der Waals surface area (Å²) in [6.45, 7) is 2.13. The lowest BCUT2D eigenvalue weighted by molar-refractivity contribution is -0.216. The third-order valence-electron chi connectivity index (χ3n) is 4.01. The highest BCUT2D eigenvalue weighted by atomic mass is 32.2. The molecule has 9 nitrogen and oxygen atoms in total. The molecule has 1 aromatic heterocycles. The maximum Gasteiger partial charge on any atom is 0.132 e. The second-order valence-corrected chi connectivity index (χ2v) is 7.27. The zero-order chi connectivity index (χ0) is 18.0. The van der Waals surface area contributed by atoms with Crippen LogP contribution in [0.3, 0.4) is 0 Å². The van der Waals surface area contributed by atoms with Crippen LogP contribution >= 0.6 is 11.8 Å². The summed E-state index contributed by atoms with van der Waals surface area (Å²) in [5.41, 5.74) is -0.00244. The fraction of sp³-hybridized carbons (Fsp3) is 0.857. The number of aliphatic hydroxyl groups is 4. The van der Waals surface area contributed by atoms with Gasteiger partial charge in [0.15, 0.2) is 0 Å². The predicted octanol–water partition coefficient (Wildman–Crippen LogP) is -1.57. The number of hydrogen-bond acceptors (Lipinski definition) is 9. The van der Waals surface area contributed by atoms with Crippen LogP contribution in [0.5, 0.6) is 0 Å². The maximum absolute atomic E-state index is 10.3. The Kier molecular flexibility index (Phi) is 6.59. The number of hydrogen-bond donors (Lipinski definition) is 4. The van der Waals surface area contributed by atoms with Crippen LogP contribution in [0.4, 0.5) is 0 Å². The van der Waals surface area contributed by atoms with Gasteiger partial charge < -0.3 is 30.1 Å². The first-order valence-electron chi connectivity index (χ1n) is 7.72. The number of nitrogens with zero attached hydrogens (tertiary/aromatic N) is 4. The number of aromatic nitrogens is 3. The topological polar surface area (TPSA) is 124 Å². The lowest BCUT2D eigenvalue weighted by atomic mass is 9.92. The minimum absolute atomic E-state index is 0.579. The molecule has 0 spiro atoms.